The molecule has 1 aliphatic heterocycles. The summed E-state index contributed by atoms with van der Waals surface area (Å²) in [6, 6.07) is 4.50. The molecule has 1 aromatic carbocycles. The van der Waals surface area contributed by atoms with E-state index in [1.54, 1.807) is 17.0 Å². The summed E-state index contributed by atoms with van der Waals surface area (Å²) in [5.41, 5.74) is 5.56. The summed E-state index contributed by atoms with van der Waals surface area (Å²) in [6.07, 6.45) is 0.314. The van der Waals surface area contributed by atoms with E-state index in [1.165, 1.54) is 0 Å². The fourth-order valence-corrected chi connectivity index (χ4v) is 3.30. The van der Waals surface area contributed by atoms with Gasteiger partial charge in [-0.1, -0.05) is 29.3 Å². The second kappa shape index (κ2) is 7.70. The van der Waals surface area contributed by atoms with E-state index in [1.807, 2.05) is 26.8 Å². The van der Waals surface area contributed by atoms with Crippen LogP contribution in [0.1, 0.15) is 38.7 Å². The number of carbonyl (C=O) groups is 2. The zero-order valence-electron chi connectivity index (χ0n) is 14.5. The first-order valence-corrected chi connectivity index (χ1v) is 8.82. The number of nitrogens with two attached hydrogens (primary N) is 1. The van der Waals surface area contributed by atoms with E-state index in [0.29, 0.717) is 16.6 Å². The van der Waals surface area contributed by atoms with E-state index in [2.05, 4.69) is 5.32 Å². The SMILES string of the molecule is CC(C)(C)OC(=O)N1CC[C@H](c2ccc(Cl)c(Cl)c2)[C@@H]1CNC(N)=O. The molecule has 1 heterocycles. The van der Waals surface area contributed by atoms with Gasteiger partial charge in [0.15, 0.2) is 0 Å². The van der Waals surface area contributed by atoms with Gasteiger partial charge in [0.1, 0.15) is 5.60 Å². The van der Waals surface area contributed by atoms with Gasteiger partial charge in [0, 0.05) is 19.0 Å². The molecular formula is C17H23Cl2N3O3. The van der Waals surface area contributed by atoms with Gasteiger partial charge in [-0.25, -0.2) is 9.59 Å². The van der Waals surface area contributed by atoms with Crippen LogP contribution in [-0.4, -0.2) is 41.8 Å². The third-order valence-electron chi connectivity index (χ3n) is 4.03. The summed E-state index contributed by atoms with van der Waals surface area (Å²) in [4.78, 5) is 25.3. The van der Waals surface area contributed by atoms with Gasteiger partial charge in [0.25, 0.3) is 0 Å². The van der Waals surface area contributed by atoms with Crippen molar-refractivity contribution in [2.75, 3.05) is 13.1 Å². The molecule has 0 bridgehead atoms. The van der Waals surface area contributed by atoms with Crippen molar-refractivity contribution in [2.24, 2.45) is 5.73 Å². The Morgan fingerprint density at radius 3 is 2.56 bits per heavy atom. The molecule has 0 spiro atoms. The summed E-state index contributed by atoms with van der Waals surface area (Å²) >= 11 is 12.1. The Labute approximate surface area is 157 Å². The first-order valence-electron chi connectivity index (χ1n) is 8.06. The van der Waals surface area contributed by atoms with Gasteiger partial charge in [-0.3, -0.25) is 0 Å². The Balaban J connectivity index is 2.25. The van der Waals surface area contributed by atoms with Crippen LogP contribution in [0.4, 0.5) is 9.59 Å². The molecule has 8 heteroatoms. The quantitative estimate of drug-likeness (QED) is 0.827. The van der Waals surface area contributed by atoms with E-state index in [9.17, 15) is 9.59 Å². The number of hydrogen-bond acceptors (Lipinski definition) is 3. The lowest BCUT2D eigenvalue weighted by molar-refractivity contribution is 0.0221. The van der Waals surface area contributed by atoms with Gasteiger partial charge in [-0.05, 0) is 44.9 Å². The summed E-state index contributed by atoms with van der Waals surface area (Å²) in [7, 11) is 0. The van der Waals surface area contributed by atoms with Gasteiger partial charge in [0.05, 0.1) is 16.1 Å². The highest BCUT2D eigenvalue weighted by Crippen LogP contribution is 2.36. The van der Waals surface area contributed by atoms with Crippen molar-refractivity contribution in [1.29, 1.82) is 0 Å². The minimum absolute atomic E-state index is 0.00543. The smallest absolute Gasteiger partial charge is 0.410 e. The number of hydrogen-bond donors (Lipinski definition) is 2. The minimum Gasteiger partial charge on any atom is -0.444 e. The number of urea groups is 1. The molecule has 3 N–H and O–H groups in total. The number of nitrogens with zero attached hydrogens (tertiary/aromatic N) is 1. The van der Waals surface area contributed by atoms with Crippen molar-refractivity contribution in [3.8, 4) is 0 Å². The zero-order chi connectivity index (χ0) is 18.8. The number of benzene rings is 1. The minimum atomic E-state index is -0.635. The molecule has 3 amide bonds. The van der Waals surface area contributed by atoms with Crippen LogP contribution in [0.25, 0.3) is 0 Å². The molecule has 25 heavy (non-hydrogen) atoms. The number of amides is 3. The van der Waals surface area contributed by atoms with Crippen molar-refractivity contribution in [1.82, 2.24) is 10.2 Å². The summed E-state index contributed by atoms with van der Waals surface area (Å²) in [6.45, 7) is 6.20. The number of ether oxygens (including phenoxy) is 1. The van der Waals surface area contributed by atoms with Crippen LogP contribution in [0.5, 0.6) is 0 Å². The molecule has 0 unspecified atom stereocenters. The highest BCUT2D eigenvalue weighted by molar-refractivity contribution is 6.42. The summed E-state index contributed by atoms with van der Waals surface area (Å²) in [5, 5.41) is 3.52. The molecule has 6 nitrogen and oxygen atoms in total. The number of rotatable bonds is 3. The van der Waals surface area contributed by atoms with E-state index >= 15 is 0 Å². The molecule has 1 saturated heterocycles. The van der Waals surface area contributed by atoms with Crippen LogP contribution in [0.3, 0.4) is 0 Å². The predicted octanol–water partition coefficient (Wildman–Crippen LogP) is 3.75. The van der Waals surface area contributed by atoms with Crippen molar-refractivity contribution in [3.05, 3.63) is 33.8 Å². The van der Waals surface area contributed by atoms with Crippen molar-refractivity contribution in [3.63, 3.8) is 0 Å². The van der Waals surface area contributed by atoms with Gasteiger partial charge in [-0.2, -0.15) is 0 Å². The van der Waals surface area contributed by atoms with Crippen LogP contribution < -0.4 is 11.1 Å². The summed E-state index contributed by atoms with van der Waals surface area (Å²) in [5.74, 6) is -0.00543. The molecule has 0 radical (unpaired) electrons. The highest BCUT2D eigenvalue weighted by atomic mass is 35.5. The number of nitrogens with one attached hydrogen (secondary N) is 1. The van der Waals surface area contributed by atoms with Crippen LogP contribution in [0.15, 0.2) is 18.2 Å². The third kappa shape index (κ3) is 5.16. The Morgan fingerprint density at radius 1 is 1.32 bits per heavy atom. The van der Waals surface area contributed by atoms with E-state index in [0.717, 1.165) is 12.0 Å². The normalized spacial score (nSPS) is 20.4. The van der Waals surface area contributed by atoms with Crippen LogP contribution in [0.2, 0.25) is 10.0 Å². The lowest BCUT2D eigenvalue weighted by atomic mass is 9.91. The average Bonchev–Trinajstić information content (AvgIpc) is 2.90. The molecule has 2 atom stereocenters. The second-order valence-electron chi connectivity index (χ2n) is 7.05. The molecule has 1 aliphatic rings. The van der Waals surface area contributed by atoms with Gasteiger partial charge in [0.2, 0.25) is 0 Å². The van der Waals surface area contributed by atoms with Crippen molar-refractivity contribution in [2.45, 2.75) is 44.8 Å². The maximum atomic E-state index is 12.5. The van der Waals surface area contributed by atoms with Crippen LogP contribution in [0, 0.1) is 0 Å². The lowest BCUT2D eigenvalue weighted by Gasteiger charge is -2.31. The molecule has 0 aromatic heterocycles. The lowest BCUT2D eigenvalue weighted by Crippen LogP contribution is -2.47. The number of primary amides is 1. The van der Waals surface area contributed by atoms with Gasteiger partial charge >= 0.3 is 12.1 Å². The Hall–Kier alpha value is -1.66. The molecule has 1 aromatic rings. The predicted molar refractivity (Wildman–Crippen MR) is 98.1 cm³/mol. The van der Waals surface area contributed by atoms with Crippen molar-refractivity contribution < 1.29 is 14.3 Å². The third-order valence-corrected chi connectivity index (χ3v) is 4.77. The number of carbonyl (C=O) groups excluding carboxylic acids is 2. The fourth-order valence-electron chi connectivity index (χ4n) is 2.99. The van der Waals surface area contributed by atoms with Gasteiger partial charge in [-0.15, -0.1) is 0 Å². The molecule has 1 fully saturated rings. The first kappa shape index (κ1) is 19.7. The maximum absolute atomic E-state index is 12.5. The Morgan fingerprint density at radius 2 is 2.00 bits per heavy atom. The van der Waals surface area contributed by atoms with Gasteiger partial charge < -0.3 is 20.7 Å². The molecule has 138 valence electrons. The highest BCUT2D eigenvalue weighted by Gasteiger charge is 2.40. The number of likely N-dealkylation sites (tertiary alicyclic amines) is 1. The largest absolute Gasteiger partial charge is 0.444 e. The molecule has 0 saturated carbocycles. The molecule has 2 rings (SSSR count). The Kier molecular flexibility index (Phi) is 6.06. The first-order chi connectivity index (χ1) is 11.6. The second-order valence-corrected chi connectivity index (χ2v) is 7.87. The zero-order valence-corrected chi connectivity index (χ0v) is 16.0. The number of halogens is 2. The molecular weight excluding hydrogens is 365 g/mol. The molecule has 0 aliphatic carbocycles. The topological polar surface area (TPSA) is 84.7 Å². The van der Waals surface area contributed by atoms with Crippen LogP contribution >= 0.6 is 23.2 Å². The van der Waals surface area contributed by atoms with E-state index in [4.69, 9.17) is 33.7 Å². The standard InChI is InChI=1S/C17H23Cl2N3O3/c1-17(2,3)25-16(24)22-7-6-11(14(22)9-21-15(20)23)10-4-5-12(18)13(19)8-10/h4-5,8,11,14H,6-7,9H2,1-3H3,(H3,20,21,23)/t11-,14+/m1/s1. The monoisotopic (exact) mass is 387 g/mol. The Bertz CT molecular complexity index is 661. The van der Waals surface area contributed by atoms with E-state index < -0.39 is 17.7 Å². The fraction of sp³-hybridized carbons (Fsp3) is 0.529. The van der Waals surface area contributed by atoms with E-state index in [-0.39, 0.29) is 18.5 Å². The van der Waals surface area contributed by atoms with Crippen molar-refractivity contribution >= 4 is 35.3 Å². The maximum Gasteiger partial charge on any atom is 0.410 e. The summed E-state index contributed by atoms with van der Waals surface area (Å²) < 4.78 is 5.48. The average molecular weight is 388 g/mol. The van der Waals surface area contributed by atoms with Crippen LogP contribution in [-0.2, 0) is 4.74 Å².